The first-order valence-electron chi connectivity index (χ1n) is 11.4. The van der Waals surface area contributed by atoms with Crippen LogP contribution >= 0.6 is 27.5 Å². The predicted molar refractivity (Wildman–Crippen MR) is 138 cm³/mol. The summed E-state index contributed by atoms with van der Waals surface area (Å²) < 4.78 is 11.3. The van der Waals surface area contributed by atoms with Gasteiger partial charge < -0.3 is 14.6 Å². The van der Waals surface area contributed by atoms with Gasteiger partial charge in [0.25, 0.3) is 0 Å². The van der Waals surface area contributed by atoms with Crippen molar-refractivity contribution in [2.24, 2.45) is 10.9 Å². The highest BCUT2D eigenvalue weighted by Crippen LogP contribution is 2.49. The van der Waals surface area contributed by atoms with Gasteiger partial charge in [-0.1, -0.05) is 23.7 Å². The van der Waals surface area contributed by atoms with Crippen molar-refractivity contribution in [3.05, 3.63) is 68.3 Å². The molecule has 6 nitrogen and oxygen atoms in total. The fraction of sp³-hybridized carbons (Fsp3) is 0.370. The summed E-state index contributed by atoms with van der Waals surface area (Å²) in [6.07, 6.45) is 0.552. The molecule has 2 aromatic rings. The maximum absolute atomic E-state index is 13.7. The monoisotopic (exact) mass is 559 g/mol. The van der Waals surface area contributed by atoms with E-state index in [-0.39, 0.29) is 29.3 Å². The van der Waals surface area contributed by atoms with Gasteiger partial charge in [-0.15, -0.1) is 0 Å². The SMILES string of the molecule is COc1cc([C@H]2C3=C(C[C@@H](c4ccc(Cl)cc4)CC3=O)N=C(C)C2C(=O)OC(C)C)cc(Br)c1O. The number of esters is 1. The number of carbonyl (C=O) groups excluding carboxylic acids is 2. The molecule has 2 aromatic carbocycles. The van der Waals surface area contributed by atoms with Crippen LogP contribution in [0.3, 0.4) is 0 Å². The lowest BCUT2D eigenvalue weighted by Crippen LogP contribution is -2.38. The molecule has 2 aliphatic rings. The Labute approximate surface area is 218 Å². The summed E-state index contributed by atoms with van der Waals surface area (Å²) in [5, 5.41) is 11.0. The van der Waals surface area contributed by atoms with Crippen LogP contribution in [0, 0.1) is 5.92 Å². The van der Waals surface area contributed by atoms with E-state index in [9.17, 15) is 14.7 Å². The molecule has 3 atom stereocenters. The normalized spacial score (nSPS) is 22.1. The Morgan fingerprint density at radius 2 is 1.86 bits per heavy atom. The molecule has 35 heavy (non-hydrogen) atoms. The lowest BCUT2D eigenvalue weighted by Gasteiger charge is -2.37. The van der Waals surface area contributed by atoms with Crippen LogP contribution < -0.4 is 4.74 Å². The molecule has 8 heteroatoms. The number of ketones is 1. The minimum Gasteiger partial charge on any atom is -0.503 e. The van der Waals surface area contributed by atoms with Crippen LogP contribution in [0.5, 0.6) is 11.5 Å². The number of aromatic hydroxyl groups is 1. The maximum Gasteiger partial charge on any atom is 0.315 e. The maximum atomic E-state index is 13.7. The Morgan fingerprint density at radius 1 is 1.17 bits per heavy atom. The van der Waals surface area contributed by atoms with Gasteiger partial charge in [-0.3, -0.25) is 14.6 Å². The minimum absolute atomic E-state index is 0.0315. The average molecular weight is 561 g/mol. The fourth-order valence-electron chi connectivity index (χ4n) is 4.93. The second-order valence-electron chi connectivity index (χ2n) is 9.19. The van der Waals surface area contributed by atoms with E-state index in [4.69, 9.17) is 26.1 Å². The van der Waals surface area contributed by atoms with Crippen LogP contribution in [0.4, 0.5) is 0 Å². The molecule has 0 saturated carbocycles. The van der Waals surface area contributed by atoms with Crippen LogP contribution in [0.15, 0.2) is 57.1 Å². The van der Waals surface area contributed by atoms with Crippen molar-refractivity contribution < 1.29 is 24.2 Å². The molecule has 1 aliphatic heterocycles. The number of hydrogen-bond acceptors (Lipinski definition) is 6. The Hall–Kier alpha value is -2.64. The van der Waals surface area contributed by atoms with Gasteiger partial charge in [0, 0.05) is 34.3 Å². The summed E-state index contributed by atoms with van der Waals surface area (Å²) in [6.45, 7) is 5.37. The molecule has 0 aromatic heterocycles. The van der Waals surface area contributed by atoms with Crippen molar-refractivity contribution >= 4 is 45.0 Å². The number of rotatable bonds is 5. The zero-order chi connectivity index (χ0) is 25.4. The van der Waals surface area contributed by atoms with Gasteiger partial charge in [-0.2, -0.15) is 0 Å². The van der Waals surface area contributed by atoms with Gasteiger partial charge in [0.15, 0.2) is 17.3 Å². The van der Waals surface area contributed by atoms with Gasteiger partial charge in [0.2, 0.25) is 0 Å². The van der Waals surface area contributed by atoms with Crippen LogP contribution in [0.2, 0.25) is 5.02 Å². The summed E-state index contributed by atoms with van der Waals surface area (Å²) in [5.41, 5.74) is 3.48. The first kappa shape index (κ1) is 25.5. The van der Waals surface area contributed by atoms with Crippen molar-refractivity contribution in [3.8, 4) is 11.5 Å². The number of hydrogen-bond donors (Lipinski definition) is 1. The number of nitrogens with zero attached hydrogens (tertiary/aromatic N) is 1. The fourth-order valence-corrected chi connectivity index (χ4v) is 5.52. The van der Waals surface area contributed by atoms with Crippen molar-refractivity contribution in [1.82, 2.24) is 0 Å². The number of benzene rings is 2. The van der Waals surface area contributed by atoms with E-state index >= 15 is 0 Å². The zero-order valence-electron chi connectivity index (χ0n) is 20.0. The van der Waals surface area contributed by atoms with Crippen LogP contribution in [-0.4, -0.2) is 35.8 Å². The average Bonchev–Trinajstić information content (AvgIpc) is 2.79. The third-order valence-corrected chi connectivity index (χ3v) is 7.32. The van der Waals surface area contributed by atoms with Gasteiger partial charge in [-0.25, -0.2) is 0 Å². The zero-order valence-corrected chi connectivity index (χ0v) is 22.3. The van der Waals surface area contributed by atoms with Crippen molar-refractivity contribution in [2.75, 3.05) is 7.11 Å². The molecule has 0 spiro atoms. The largest absolute Gasteiger partial charge is 0.503 e. The first-order chi connectivity index (χ1) is 16.6. The molecule has 0 fully saturated rings. The summed E-state index contributed by atoms with van der Waals surface area (Å²) in [5.74, 6) is -1.71. The number of halogens is 2. The molecule has 0 saturated heterocycles. The predicted octanol–water partition coefficient (Wildman–Crippen LogP) is 6.34. The van der Waals surface area contributed by atoms with Gasteiger partial charge in [-0.05, 0) is 84.4 Å². The number of aliphatic imine (C=N–C) groups is 1. The molecule has 184 valence electrons. The number of phenolic OH excluding ortho intramolecular Hbond substituents is 1. The van der Waals surface area contributed by atoms with Gasteiger partial charge in [0.05, 0.1) is 17.7 Å². The van der Waals surface area contributed by atoms with E-state index < -0.39 is 17.8 Å². The Balaban J connectivity index is 1.85. The molecule has 0 bridgehead atoms. The van der Waals surface area contributed by atoms with E-state index in [0.29, 0.717) is 44.9 Å². The molecule has 4 rings (SSSR count). The van der Waals surface area contributed by atoms with Crippen molar-refractivity contribution in [1.29, 1.82) is 0 Å². The summed E-state index contributed by atoms with van der Waals surface area (Å²) in [7, 11) is 1.45. The highest BCUT2D eigenvalue weighted by atomic mass is 79.9. The summed E-state index contributed by atoms with van der Waals surface area (Å²) >= 11 is 9.43. The van der Waals surface area contributed by atoms with E-state index in [1.54, 1.807) is 32.9 Å². The molecule has 0 radical (unpaired) electrons. The van der Waals surface area contributed by atoms with Crippen LogP contribution in [0.1, 0.15) is 56.6 Å². The number of carbonyl (C=O) groups is 2. The highest BCUT2D eigenvalue weighted by molar-refractivity contribution is 9.10. The first-order valence-corrected chi connectivity index (χ1v) is 12.6. The Morgan fingerprint density at radius 3 is 2.49 bits per heavy atom. The van der Waals surface area contributed by atoms with Crippen molar-refractivity contribution in [3.63, 3.8) is 0 Å². The van der Waals surface area contributed by atoms with Crippen molar-refractivity contribution in [2.45, 2.75) is 51.6 Å². The molecule has 1 heterocycles. The lowest BCUT2D eigenvalue weighted by atomic mass is 9.69. The van der Waals surface area contributed by atoms with E-state index in [1.807, 2.05) is 24.3 Å². The minimum atomic E-state index is -0.770. The number of allylic oxidation sites excluding steroid dienone is 2. The second kappa shape index (κ2) is 10.2. The number of phenols is 1. The summed E-state index contributed by atoms with van der Waals surface area (Å²) in [4.78, 5) is 31.7. The molecular formula is C27H27BrClNO5. The number of Topliss-reactive ketones (excluding diaryl/α,β-unsaturated/α-hetero) is 1. The highest BCUT2D eigenvalue weighted by Gasteiger charge is 2.45. The Kier molecular flexibility index (Phi) is 7.38. The lowest BCUT2D eigenvalue weighted by molar-refractivity contribution is -0.150. The topological polar surface area (TPSA) is 85.2 Å². The van der Waals surface area contributed by atoms with Gasteiger partial charge >= 0.3 is 5.97 Å². The Bertz CT molecular complexity index is 1230. The molecule has 0 amide bonds. The second-order valence-corrected chi connectivity index (χ2v) is 10.5. The van der Waals surface area contributed by atoms with E-state index in [2.05, 4.69) is 15.9 Å². The van der Waals surface area contributed by atoms with Gasteiger partial charge in [0.1, 0.15) is 5.92 Å². The molecule has 1 aliphatic carbocycles. The third kappa shape index (κ3) is 5.02. The summed E-state index contributed by atoms with van der Waals surface area (Å²) in [6, 6.07) is 10.9. The standard InChI is InChI=1S/C27H27BrClNO5/c1-13(2)35-27(33)23-14(3)30-20-10-16(15-5-7-18(29)8-6-15)11-21(31)25(20)24(23)17-9-19(28)26(32)22(12-17)34-4/h5-9,12-13,16,23-24,32H,10-11H2,1-4H3/t16-,23?,24-/m1/s1. The van der Waals surface area contributed by atoms with Crippen LogP contribution in [0.25, 0.3) is 0 Å². The van der Waals surface area contributed by atoms with E-state index in [1.165, 1.54) is 7.11 Å². The number of ether oxygens (including phenoxy) is 2. The quantitative estimate of drug-likeness (QED) is 0.431. The molecule has 1 N–H and O–H groups in total. The molecular weight excluding hydrogens is 534 g/mol. The van der Waals surface area contributed by atoms with Crippen LogP contribution in [-0.2, 0) is 14.3 Å². The van der Waals surface area contributed by atoms with E-state index in [0.717, 1.165) is 5.56 Å². The smallest absolute Gasteiger partial charge is 0.315 e. The number of methoxy groups -OCH3 is 1. The third-order valence-electron chi connectivity index (χ3n) is 6.47. The molecule has 1 unspecified atom stereocenters.